The Kier molecular flexibility index (Phi) is 3.46. The van der Waals surface area contributed by atoms with Crippen LogP contribution in [0.4, 0.5) is 0 Å². The van der Waals surface area contributed by atoms with E-state index in [-0.39, 0.29) is 0 Å². The van der Waals surface area contributed by atoms with Gasteiger partial charge in [-0.2, -0.15) is 0 Å². The molecular weight excluding hydrogens is 266 g/mol. The Morgan fingerprint density at radius 2 is 2.00 bits per heavy atom. The van der Waals surface area contributed by atoms with Crippen LogP contribution in [-0.2, 0) is 0 Å². The molecule has 0 radical (unpaired) electrons. The summed E-state index contributed by atoms with van der Waals surface area (Å²) in [5, 5.41) is 3.25. The summed E-state index contributed by atoms with van der Waals surface area (Å²) >= 11 is 3.49. The summed E-state index contributed by atoms with van der Waals surface area (Å²) < 4.78 is 6.50. The highest BCUT2D eigenvalue weighted by molar-refractivity contribution is 9.10. The SMILES string of the molecule is CNC(C)c1ccccc1-c1occc1Br. The maximum atomic E-state index is 5.51. The van der Waals surface area contributed by atoms with Crippen LogP contribution in [0.25, 0.3) is 11.3 Å². The summed E-state index contributed by atoms with van der Waals surface area (Å²) in [5.74, 6) is 0.887. The lowest BCUT2D eigenvalue weighted by Crippen LogP contribution is -2.13. The first-order valence-electron chi connectivity index (χ1n) is 5.23. The molecule has 3 heteroatoms. The number of furan rings is 1. The van der Waals surface area contributed by atoms with Gasteiger partial charge in [0.1, 0.15) is 5.76 Å². The van der Waals surface area contributed by atoms with Crippen molar-refractivity contribution < 1.29 is 4.42 Å². The van der Waals surface area contributed by atoms with Gasteiger partial charge in [0.05, 0.1) is 10.7 Å². The molecule has 0 fully saturated rings. The molecule has 1 heterocycles. The van der Waals surface area contributed by atoms with Crippen molar-refractivity contribution in [1.82, 2.24) is 5.32 Å². The lowest BCUT2D eigenvalue weighted by Gasteiger charge is -2.14. The van der Waals surface area contributed by atoms with Gasteiger partial charge in [-0.05, 0) is 41.5 Å². The maximum absolute atomic E-state index is 5.51. The largest absolute Gasteiger partial charge is 0.463 e. The molecule has 16 heavy (non-hydrogen) atoms. The zero-order valence-corrected chi connectivity index (χ0v) is 10.9. The van der Waals surface area contributed by atoms with Crippen LogP contribution < -0.4 is 5.32 Å². The number of hydrogen-bond donors (Lipinski definition) is 1. The zero-order valence-electron chi connectivity index (χ0n) is 9.33. The average Bonchev–Trinajstić information content (AvgIpc) is 2.74. The predicted molar refractivity (Wildman–Crippen MR) is 69.3 cm³/mol. The predicted octanol–water partition coefficient (Wildman–Crippen LogP) is 3.99. The summed E-state index contributed by atoms with van der Waals surface area (Å²) in [7, 11) is 1.96. The molecule has 2 rings (SSSR count). The Balaban J connectivity index is 2.53. The van der Waals surface area contributed by atoms with Gasteiger partial charge in [-0.1, -0.05) is 24.3 Å². The minimum absolute atomic E-state index is 0.299. The third kappa shape index (κ3) is 2.06. The molecule has 2 aromatic rings. The second kappa shape index (κ2) is 4.85. The quantitative estimate of drug-likeness (QED) is 0.919. The van der Waals surface area contributed by atoms with Crippen molar-refractivity contribution in [1.29, 1.82) is 0 Å². The third-order valence-corrected chi connectivity index (χ3v) is 3.35. The van der Waals surface area contributed by atoms with Crippen LogP contribution in [0, 0.1) is 0 Å². The van der Waals surface area contributed by atoms with Crippen molar-refractivity contribution in [3.05, 3.63) is 46.6 Å². The Morgan fingerprint density at radius 1 is 1.25 bits per heavy atom. The number of halogens is 1. The Labute approximate surface area is 104 Å². The van der Waals surface area contributed by atoms with Gasteiger partial charge in [0.15, 0.2) is 0 Å². The molecule has 0 saturated carbocycles. The van der Waals surface area contributed by atoms with E-state index >= 15 is 0 Å². The minimum atomic E-state index is 0.299. The zero-order chi connectivity index (χ0) is 11.5. The van der Waals surface area contributed by atoms with E-state index < -0.39 is 0 Å². The van der Waals surface area contributed by atoms with E-state index in [0.29, 0.717) is 6.04 Å². The van der Waals surface area contributed by atoms with Crippen molar-refractivity contribution in [2.24, 2.45) is 0 Å². The lowest BCUT2D eigenvalue weighted by atomic mass is 10.00. The van der Waals surface area contributed by atoms with E-state index in [1.54, 1.807) is 6.26 Å². The molecule has 1 unspecified atom stereocenters. The van der Waals surface area contributed by atoms with Crippen LogP contribution in [0.1, 0.15) is 18.5 Å². The van der Waals surface area contributed by atoms with Crippen LogP contribution in [0.15, 0.2) is 45.5 Å². The molecule has 0 aliphatic carbocycles. The monoisotopic (exact) mass is 279 g/mol. The Bertz CT molecular complexity index is 478. The molecule has 1 atom stereocenters. The van der Waals surface area contributed by atoms with Gasteiger partial charge in [0.25, 0.3) is 0 Å². The summed E-state index contributed by atoms with van der Waals surface area (Å²) in [4.78, 5) is 0. The highest BCUT2D eigenvalue weighted by atomic mass is 79.9. The summed E-state index contributed by atoms with van der Waals surface area (Å²) in [6.07, 6.45) is 1.69. The number of nitrogens with one attached hydrogen (secondary N) is 1. The Morgan fingerprint density at radius 3 is 2.62 bits per heavy atom. The molecule has 1 aromatic heterocycles. The van der Waals surface area contributed by atoms with E-state index in [4.69, 9.17) is 4.42 Å². The average molecular weight is 280 g/mol. The number of rotatable bonds is 3. The third-order valence-electron chi connectivity index (χ3n) is 2.72. The summed E-state index contributed by atoms with van der Waals surface area (Å²) in [6, 6.07) is 10.5. The van der Waals surface area contributed by atoms with E-state index in [1.807, 2.05) is 25.2 Å². The van der Waals surface area contributed by atoms with Gasteiger partial charge in [-0.3, -0.25) is 0 Å². The highest BCUT2D eigenvalue weighted by Gasteiger charge is 2.14. The van der Waals surface area contributed by atoms with Crippen molar-refractivity contribution in [2.75, 3.05) is 7.05 Å². The molecule has 0 spiro atoms. The Hall–Kier alpha value is -1.06. The van der Waals surface area contributed by atoms with Crippen molar-refractivity contribution in [3.63, 3.8) is 0 Å². The van der Waals surface area contributed by atoms with E-state index in [2.05, 4.69) is 40.3 Å². The summed E-state index contributed by atoms with van der Waals surface area (Å²) in [5.41, 5.74) is 2.36. The van der Waals surface area contributed by atoms with Crippen LogP contribution in [0.5, 0.6) is 0 Å². The molecule has 2 nitrogen and oxygen atoms in total. The van der Waals surface area contributed by atoms with E-state index in [1.165, 1.54) is 5.56 Å². The van der Waals surface area contributed by atoms with Gasteiger partial charge >= 0.3 is 0 Å². The molecule has 0 bridgehead atoms. The smallest absolute Gasteiger partial charge is 0.148 e. The van der Waals surface area contributed by atoms with Gasteiger partial charge < -0.3 is 9.73 Å². The van der Waals surface area contributed by atoms with Crippen LogP contribution in [0.3, 0.4) is 0 Å². The van der Waals surface area contributed by atoms with Gasteiger partial charge in [-0.15, -0.1) is 0 Å². The number of benzene rings is 1. The second-order valence-corrected chi connectivity index (χ2v) is 4.55. The first-order valence-corrected chi connectivity index (χ1v) is 6.03. The fourth-order valence-electron chi connectivity index (χ4n) is 1.72. The van der Waals surface area contributed by atoms with Crippen molar-refractivity contribution in [2.45, 2.75) is 13.0 Å². The second-order valence-electron chi connectivity index (χ2n) is 3.70. The fraction of sp³-hybridized carbons (Fsp3) is 0.231. The van der Waals surface area contributed by atoms with Gasteiger partial charge in [0.2, 0.25) is 0 Å². The van der Waals surface area contributed by atoms with E-state index in [9.17, 15) is 0 Å². The van der Waals surface area contributed by atoms with Gasteiger partial charge in [0, 0.05) is 11.6 Å². The van der Waals surface area contributed by atoms with Crippen LogP contribution >= 0.6 is 15.9 Å². The van der Waals surface area contributed by atoms with Crippen LogP contribution in [-0.4, -0.2) is 7.05 Å². The molecule has 0 saturated heterocycles. The van der Waals surface area contributed by atoms with Crippen molar-refractivity contribution in [3.8, 4) is 11.3 Å². The molecule has 84 valence electrons. The fourth-order valence-corrected chi connectivity index (χ4v) is 2.14. The first-order chi connectivity index (χ1) is 7.74. The molecule has 0 aliphatic heterocycles. The minimum Gasteiger partial charge on any atom is -0.463 e. The molecule has 0 amide bonds. The highest BCUT2D eigenvalue weighted by Crippen LogP contribution is 2.33. The summed E-state index contributed by atoms with van der Waals surface area (Å²) in [6.45, 7) is 2.13. The van der Waals surface area contributed by atoms with E-state index in [0.717, 1.165) is 15.8 Å². The molecule has 1 aromatic carbocycles. The van der Waals surface area contributed by atoms with Gasteiger partial charge in [-0.25, -0.2) is 0 Å². The van der Waals surface area contributed by atoms with Crippen LogP contribution in [0.2, 0.25) is 0 Å². The lowest BCUT2D eigenvalue weighted by molar-refractivity contribution is 0.577. The normalized spacial score (nSPS) is 12.7. The maximum Gasteiger partial charge on any atom is 0.148 e. The standard InChI is InChI=1S/C13H14BrNO/c1-9(15-2)10-5-3-4-6-11(10)13-12(14)7-8-16-13/h3-9,15H,1-2H3. The molecule has 0 aliphatic rings. The topological polar surface area (TPSA) is 25.2 Å². The number of hydrogen-bond acceptors (Lipinski definition) is 2. The first kappa shape index (κ1) is 11.4. The molecular formula is C13H14BrNO. The molecule has 1 N–H and O–H groups in total. The van der Waals surface area contributed by atoms with Crippen molar-refractivity contribution >= 4 is 15.9 Å².